The van der Waals surface area contributed by atoms with Gasteiger partial charge in [-0.2, -0.15) is 0 Å². The quantitative estimate of drug-likeness (QED) is 0.535. The molecule has 19 heavy (non-hydrogen) atoms. The molecule has 3 nitrogen and oxygen atoms in total. The van der Waals surface area contributed by atoms with Crippen molar-refractivity contribution >= 4 is 32.8 Å². The van der Waals surface area contributed by atoms with Gasteiger partial charge in [-0.15, -0.1) is 11.3 Å². The first-order valence-corrected chi connectivity index (χ1v) is 6.58. The summed E-state index contributed by atoms with van der Waals surface area (Å²) >= 11 is 1.44. The maximum atomic E-state index is 12.3. The second-order valence-corrected chi connectivity index (χ2v) is 5.43. The Morgan fingerprint density at radius 3 is 2.89 bits per heavy atom. The van der Waals surface area contributed by atoms with E-state index in [2.05, 4.69) is 4.85 Å². The minimum atomic E-state index is -0.394. The van der Waals surface area contributed by atoms with Crippen LogP contribution >= 0.6 is 11.3 Å². The van der Waals surface area contributed by atoms with Crippen LogP contribution in [0.15, 0.2) is 30.0 Å². The molecule has 0 saturated heterocycles. The molecule has 0 N–H and O–H groups in total. The van der Waals surface area contributed by atoms with Gasteiger partial charge in [0.15, 0.2) is 5.78 Å². The van der Waals surface area contributed by atoms with E-state index in [-0.39, 0.29) is 11.5 Å². The number of nitrogens with zero attached hydrogens (tertiary/aromatic N) is 2. The second kappa shape index (κ2) is 4.05. The van der Waals surface area contributed by atoms with Crippen LogP contribution < -0.4 is 0 Å². The smallest absolute Gasteiger partial charge is 0.266 e. The Morgan fingerprint density at radius 2 is 2.21 bits per heavy atom. The molecule has 0 radical (unpaired) electrons. The lowest BCUT2D eigenvalue weighted by atomic mass is 9.97. The van der Waals surface area contributed by atoms with Gasteiger partial charge in [-0.05, 0) is 22.6 Å². The monoisotopic (exact) mass is 264 g/mol. The van der Waals surface area contributed by atoms with E-state index in [1.54, 1.807) is 6.92 Å². The zero-order valence-electron chi connectivity index (χ0n) is 10.1. The third-order valence-electron chi connectivity index (χ3n) is 3.39. The summed E-state index contributed by atoms with van der Waals surface area (Å²) in [5.41, 5.74) is 1.42. The van der Waals surface area contributed by atoms with Crippen molar-refractivity contribution in [1.29, 1.82) is 5.26 Å². The Morgan fingerprint density at radius 1 is 1.47 bits per heavy atom. The molecule has 0 fully saturated rings. The van der Waals surface area contributed by atoms with E-state index < -0.39 is 5.92 Å². The third-order valence-corrected chi connectivity index (χ3v) is 4.57. The molecule has 0 bridgehead atoms. The predicted molar refractivity (Wildman–Crippen MR) is 74.5 cm³/mol. The number of allylic oxidation sites excluding steroid dienone is 2. The summed E-state index contributed by atoms with van der Waals surface area (Å²) in [4.78, 5) is 16.2. The third kappa shape index (κ3) is 1.44. The SMILES string of the molecule is [C-]#[N+]/C(C#N)=C1/c2c(sc3ccccc23)C(=O)C1C. The minimum Gasteiger partial charge on any atom is -0.293 e. The number of ketones is 1. The van der Waals surface area contributed by atoms with E-state index in [9.17, 15) is 4.79 Å². The molecular weight excluding hydrogens is 256 g/mol. The Kier molecular flexibility index (Phi) is 2.48. The summed E-state index contributed by atoms with van der Waals surface area (Å²) in [5, 5.41) is 10.1. The summed E-state index contributed by atoms with van der Waals surface area (Å²) in [6.45, 7) is 8.89. The molecule has 1 aliphatic carbocycles. The van der Waals surface area contributed by atoms with Crippen LogP contribution in [0.1, 0.15) is 22.2 Å². The van der Waals surface area contributed by atoms with Crippen molar-refractivity contribution in [3.8, 4) is 6.07 Å². The molecule has 2 aromatic rings. The molecule has 0 spiro atoms. The highest BCUT2D eigenvalue weighted by Gasteiger charge is 2.37. The number of thiophene rings is 1. The topological polar surface area (TPSA) is 45.2 Å². The fraction of sp³-hybridized carbons (Fsp3) is 0.133. The fourth-order valence-corrected chi connectivity index (χ4v) is 3.75. The largest absolute Gasteiger partial charge is 0.293 e. The Labute approximate surface area is 114 Å². The number of carbonyl (C=O) groups is 1. The molecule has 1 unspecified atom stereocenters. The molecule has 0 amide bonds. The summed E-state index contributed by atoms with van der Waals surface area (Å²) in [6, 6.07) is 9.64. The summed E-state index contributed by atoms with van der Waals surface area (Å²) < 4.78 is 1.02. The van der Waals surface area contributed by atoms with Crippen molar-refractivity contribution in [2.24, 2.45) is 5.92 Å². The first-order valence-electron chi connectivity index (χ1n) is 5.77. The zero-order valence-corrected chi connectivity index (χ0v) is 10.9. The van der Waals surface area contributed by atoms with Crippen LogP contribution in [-0.2, 0) is 0 Å². The van der Waals surface area contributed by atoms with Gasteiger partial charge in [-0.1, -0.05) is 25.1 Å². The second-order valence-electron chi connectivity index (χ2n) is 4.37. The summed E-state index contributed by atoms with van der Waals surface area (Å²) in [6.07, 6.45) is 0. The van der Waals surface area contributed by atoms with Crippen molar-refractivity contribution in [2.75, 3.05) is 0 Å². The first-order chi connectivity index (χ1) is 9.19. The van der Waals surface area contributed by atoms with Gasteiger partial charge >= 0.3 is 0 Å². The van der Waals surface area contributed by atoms with Crippen LogP contribution in [0, 0.1) is 23.8 Å². The molecule has 1 aromatic heterocycles. The van der Waals surface area contributed by atoms with E-state index in [0.29, 0.717) is 10.5 Å². The van der Waals surface area contributed by atoms with Crippen molar-refractivity contribution in [3.63, 3.8) is 0 Å². The Bertz CT molecular complexity index is 814. The molecule has 4 heteroatoms. The van der Waals surface area contributed by atoms with Crippen molar-refractivity contribution in [2.45, 2.75) is 6.92 Å². The molecule has 3 rings (SSSR count). The number of nitriles is 1. The van der Waals surface area contributed by atoms with Gasteiger partial charge in [0.05, 0.1) is 17.5 Å². The summed E-state index contributed by atoms with van der Waals surface area (Å²) in [5.74, 6) is -0.378. The predicted octanol–water partition coefficient (Wildman–Crippen LogP) is 3.89. The molecule has 1 aromatic carbocycles. The van der Waals surface area contributed by atoms with Gasteiger partial charge in [0.25, 0.3) is 5.70 Å². The van der Waals surface area contributed by atoms with E-state index in [4.69, 9.17) is 11.8 Å². The van der Waals surface area contributed by atoms with Gasteiger partial charge < -0.3 is 0 Å². The Balaban J connectivity index is 2.47. The van der Waals surface area contributed by atoms with Crippen LogP contribution in [0.2, 0.25) is 0 Å². The number of benzene rings is 1. The average Bonchev–Trinajstić information content (AvgIpc) is 2.91. The lowest BCUT2D eigenvalue weighted by molar-refractivity contribution is 0.0969. The number of Topliss-reactive ketones (excluding diaryl/α,β-unsaturated/α-hetero) is 1. The van der Waals surface area contributed by atoms with Crippen molar-refractivity contribution in [1.82, 2.24) is 0 Å². The van der Waals surface area contributed by atoms with Gasteiger partial charge in [0, 0.05) is 10.6 Å². The summed E-state index contributed by atoms with van der Waals surface area (Å²) in [7, 11) is 0. The normalized spacial score (nSPS) is 19.9. The maximum Gasteiger partial charge on any atom is 0.266 e. The zero-order chi connectivity index (χ0) is 13.6. The van der Waals surface area contributed by atoms with Gasteiger partial charge in [0.2, 0.25) is 0 Å². The van der Waals surface area contributed by atoms with E-state index >= 15 is 0 Å². The highest BCUT2D eigenvalue weighted by Crippen LogP contribution is 2.47. The Hall–Kier alpha value is -2.43. The van der Waals surface area contributed by atoms with E-state index in [1.165, 1.54) is 11.3 Å². The number of hydrogen-bond donors (Lipinski definition) is 0. The number of hydrogen-bond acceptors (Lipinski definition) is 3. The maximum absolute atomic E-state index is 12.3. The van der Waals surface area contributed by atoms with Gasteiger partial charge in [-0.25, -0.2) is 10.1 Å². The number of fused-ring (bicyclic) bond motifs is 3. The van der Waals surface area contributed by atoms with Gasteiger partial charge in [-0.3, -0.25) is 4.79 Å². The highest BCUT2D eigenvalue weighted by molar-refractivity contribution is 7.21. The van der Waals surface area contributed by atoms with Crippen LogP contribution in [0.4, 0.5) is 0 Å². The van der Waals surface area contributed by atoms with Crippen LogP contribution in [0.5, 0.6) is 0 Å². The number of carbonyl (C=O) groups excluding carboxylic acids is 1. The molecular formula is C15H8N2OS. The average molecular weight is 264 g/mol. The molecule has 1 aliphatic rings. The molecule has 1 heterocycles. The first kappa shape index (κ1) is 11.6. The van der Waals surface area contributed by atoms with Crippen LogP contribution in [-0.4, -0.2) is 5.78 Å². The van der Waals surface area contributed by atoms with E-state index in [1.807, 2.05) is 30.3 Å². The molecule has 90 valence electrons. The lowest BCUT2D eigenvalue weighted by Gasteiger charge is -2.05. The molecule has 1 atom stereocenters. The van der Waals surface area contributed by atoms with E-state index in [0.717, 1.165) is 15.6 Å². The minimum absolute atomic E-state index is 0.0163. The van der Waals surface area contributed by atoms with Crippen LogP contribution in [0.3, 0.4) is 0 Å². The van der Waals surface area contributed by atoms with Crippen LogP contribution in [0.25, 0.3) is 20.5 Å². The highest BCUT2D eigenvalue weighted by atomic mass is 32.1. The van der Waals surface area contributed by atoms with Crippen molar-refractivity contribution < 1.29 is 4.79 Å². The molecule has 0 aliphatic heterocycles. The van der Waals surface area contributed by atoms with Gasteiger partial charge in [0.1, 0.15) is 0 Å². The number of rotatable bonds is 0. The standard InChI is InChI=1S/C15H8N2OS/c1-8-12(10(7-16)17-2)13-9-5-3-4-6-11(9)19-15(13)14(8)18/h3-6,8H,1H3/b12-10+. The van der Waals surface area contributed by atoms with Crippen molar-refractivity contribution in [3.05, 3.63) is 51.8 Å². The lowest BCUT2D eigenvalue weighted by Crippen LogP contribution is -2.03. The fourth-order valence-electron chi connectivity index (χ4n) is 2.50. The molecule has 0 saturated carbocycles.